The van der Waals surface area contributed by atoms with Gasteiger partial charge in [-0.3, -0.25) is 9.59 Å². The van der Waals surface area contributed by atoms with Crippen molar-refractivity contribution in [2.45, 2.75) is 19.8 Å². The molecule has 0 saturated carbocycles. The third kappa shape index (κ3) is 6.74. The highest BCUT2D eigenvalue weighted by molar-refractivity contribution is 5.91. The van der Waals surface area contributed by atoms with Gasteiger partial charge in [0.15, 0.2) is 13.2 Å². The maximum atomic E-state index is 11.7. The zero-order valence-electron chi connectivity index (χ0n) is 12.5. The molecular weight excluding hydrogens is 288 g/mol. The summed E-state index contributed by atoms with van der Waals surface area (Å²) < 4.78 is 9.96. The van der Waals surface area contributed by atoms with Gasteiger partial charge in [0.2, 0.25) is 0 Å². The lowest BCUT2D eigenvalue weighted by Gasteiger charge is -2.07. The SMILES string of the molecule is CCCCNC(=O)COC(=O)c1ccc(OCC(N)=O)cc1. The van der Waals surface area contributed by atoms with Gasteiger partial charge in [-0.25, -0.2) is 4.79 Å². The van der Waals surface area contributed by atoms with Crippen molar-refractivity contribution in [3.8, 4) is 5.75 Å². The number of unbranched alkanes of at least 4 members (excludes halogenated alkanes) is 1. The minimum atomic E-state index is -0.605. The lowest BCUT2D eigenvalue weighted by molar-refractivity contribution is -0.124. The van der Waals surface area contributed by atoms with Gasteiger partial charge in [-0.05, 0) is 30.7 Å². The van der Waals surface area contributed by atoms with Gasteiger partial charge in [-0.15, -0.1) is 0 Å². The highest BCUT2D eigenvalue weighted by Crippen LogP contribution is 2.12. The van der Waals surface area contributed by atoms with Crippen molar-refractivity contribution < 1.29 is 23.9 Å². The second-order valence-electron chi connectivity index (χ2n) is 4.56. The van der Waals surface area contributed by atoms with Crippen molar-refractivity contribution in [3.05, 3.63) is 29.8 Å². The van der Waals surface area contributed by atoms with Crippen LogP contribution < -0.4 is 15.8 Å². The van der Waals surface area contributed by atoms with Crippen molar-refractivity contribution >= 4 is 17.8 Å². The molecule has 1 aromatic rings. The van der Waals surface area contributed by atoms with Gasteiger partial charge < -0.3 is 20.5 Å². The molecule has 0 radical (unpaired) electrons. The molecule has 0 unspecified atom stereocenters. The van der Waals surface area contributed by atoms with Crippen molar-refractivity contribution in [2.24, 2.45) is 5.73 Å². The van der Waals surface area contributed by atoms with Crippen LogP contribution in [0.1, 0.15) is 30.1 Å². The van der Waals surface area contributed by atoms with Crippen LogP contribution in [0.15, 0.2) is 24.3 Å². The van der Waals surface area contributed by atoms with E-state index in [1.165, 1.54) is 24.3 Å². The summed E-state index contributed by atoms with van der Waals surface area (Å²) in [5, 5.41) is 2.65. The summed E-state index contributed by atoms with van der Waals surface area (Å²) in [6.45, 7) is 2.03. The Balaban J connectivity index is 2.39. The number of amides is 2. The molecule has 120 valence electrons. The van der Waals surface area contributed by atoms with E-state index in [2.05, 4.69) is 5.32 Å². The molecule has 2 amide bonds. The second-order valence-corrected chi connectivity index (χ2v) is 4.56. The molecule has 0 aliphatic carbocycles. The number of esters is 1. The van der Waals surface area contributed by atoms with Crippen LogP contribution >= 0.6 is 0 Å². The summed E-state index contributed by atoms with van der Waals surface area (Å²) >= 11 is 0. The maximum absolute atomic E-state index is 11.7. The third-order valence-corrected chi connectivity index (χ3v) is 2.66. The number of ether oxygens (including phenoxy) is 2. The number of rotatable bonds is 9. The van der Waals surface area contributed by atoms with E-state index in [9.17, 15) is 14.4 Å². The first-order valence-corrected chi connectivity index (χ1v) is 6.98. The number of hydrogen-bond acceptors (Lipinski definition) is 5. The van der Waals surface area contributed by atoms with Crippen molar-refractivity contribution in [1.29, 1.82) is 0 Å². The average Bonchev–Trinajstić information content (AvgIpc) is 2.51. The molecule has 1 aromatic carbocycles. The summed E-state index contributed by atoms with van der Waals surface area (Å²) in [7, 11) is 0. The minimum Gasteiger partial charge on any atom is -0.484 e. The van der Waals surface area contributed by atoms with Gasteiger partial charge in [0, 0.05) is 6.54 Å². The largest absolute Gasteiger partial charge is 0.484 e. The Morgan fingerprint density at radius 3 is 2.41 bits per heavy atom. The Bertz CT molecular complexity index is 513. The molecule has 0 aliphatic rings. The van der Waals surface area contributed by atoms with Crippen molar-refractivity contribution in [1.82, 2.24) is 5.32 Å². The highest BCUT2D eigenvalue weighted by atomic mass is 16.5. The molecule has 0 aromatic heterocycles. The third-order valence-electron chi connectivity index (χ3n) is 2.66. The van der Waals surface area contributed by atoms with E-state index in [4.69, 9.17) is 15.2 Å². The second kappa shape index (κ2) is 9.38. The summed E-state index contributed by atoms with van der Waals surface area (Å²) in [5.74, 6) is -1.11. The lowest BCUT2D eigenvalue weighted by atomic mass is 10.2. The summed E-state index contributed by atoms with van der Waals surface area (Å²) in [6, 6.07) is 5.99. The molecule has 0 heterocycles. The number of benzene rings is 1. The normalized spacial score (nSPS) is 9.86. The Morgan fingerprint density at radius 2 is 1.82 bits per heavy atom. The fourth-order valence-electron chi connectivity index (χ4n) is 1.51. The summed E-state index contributed by atoms with van der Waals surface area (Å²) in [5.41, 5.74) is 5.24. The zero-order chi connectivity index (χ0) is 16.4. The van der Waals surface area contributed by atoms with E-state index in [0.29, 0.717) is 12.3 Å². The van der Waals surface area contributed by atoms with Crippen LogP contribution in [0.4, 0.5) is 0 Å². The van der Waals surface area contributed by atoms with Crippen LogP contribution in [0.2, 0.25) is 0 Å². The fraction of sp³-hybridized carbons (Fsp3) is 0.400. The van der Waals surface area contributed by atoms with E-state index < -0.39 is 11.9 Å². The smallest absolute Gasteiger partial charge is 0.338 e. The van der Waals surface area contributed by atoms with Gasteiger partial charge in [0.25, 0.3) is 11.8 Å². The number of nitrogens with one attached hydrogen (secondary N) is 1. The number of nitrogens with two attached hydrogens (primary N) is 1. The van der Waals surface area contributed by atoms with Gasteiger partial charge in [0.1, 0.15) is 5.75 Å². The average molecular weight is 308 g/mol. The molecule has 0 aliphatic heterocycles. The van der Waals surface area contributed by atoms with Crippen molar-refractivity contribution in [3.63, 3.8) is 0 Å². The first-order valence-electron chi connectivity index (χ1n) is 6.98. The Hall–Kier alpha value is -2.57. The predicted octanol–water partition coefficient (Wildman–Crippen LogP) is 0.624. The molecule has 7 nitrogen and oxygen atoms in total. The molecular formula is C15H20N2O5. The Morgan fingerprint density at radius 1 is 1.14 bits per heavy atom. The van der Waals surface area contributed by atoms with E-state index >= 15 is 0 Å². The standard InChI is InChI=1S/C15H20N2O5/c1-2-3-8-17-14(19)10-22-15(20)11-4-6-12(7-5-11)21-9-13(16)18/h4-7H,2-3,8-10H2,1H3,(H2,16,18)(H,17,19). The number of primary amides is 1. The van der Waals surface area contributed by atoms with E-state index in [1.807, 2.05) is 6.92 Å². The Labute approximate surface area is 128 Å². The first kappa shape index (κ1) is 17.5. The highest BCUT2D eigenvalue weighted by Gasteiger charge is 2.10. The number of hydrogen-bond donors (Lipinski definition) is 2. The minimum absolute atomic E-state index is 0.234. The molecule has 3 N–H and O–H groups in total. The van der Waals surface area contributed by atoms with Gasteiger partial charge in [-0.2, -0.15) is 0 Å². The van der Waals surface area contributed by atoms with Crippen LogP contribution in [0.25, 0.3) is 0 Å². The van der Waals surface area contributed by atoms with Crippen LogP contribution in [0.5, 0.6) is 5.75 Å². The lowest BCUT2D eigenvalue weighted by Crippen LogP contribution is -2.29. The number of carbonyl (C=O) groups is 3. The van der Waals surface area contributed by atoms with E-state index in [0.717, 1.165) is 12.8 Å². The predicted molar refractivity (Wildman–Crippen MR) is 79.3 cm³/mol. The topological polar surface area (TPSA) is 108 Å². The summed E-state index contributed by atoms with van der Waals surface area (Å²) in [4.78, 5) is 33.7. The maximum Gasteiger partial charge on any atom is 0.338 e. The molecule has 7 heteroatoms. The molecule has 22 heavy (non-hydrogen) atoms. The molecule has 0 atom stereocenters. The number of carbonyl (C=O) groups excluding carboxylic acids is 3. The Kier molecular flexibility index (Phi) is 7.45. The molecule has 0 saturated heterocycles. The van der Waals surface area contributed by atoms with Crippen molar-refractivity contribution in [2.75, 3.05) is 19.8 Å². The van der Waals surface area contributed by atoms with Crippen LogP contribution in [-0.2, 0) is 14.3 Å². The van der Waals surface area contributed by atoms with Crippen LogP contribution in [0, 0.1) is 0 Å². The van der Waals surface area contributed by atoms with E-state index in [-0.39, 0.29) is 24.7 Å². The molecule has 1 rings (SSSR count). The molecule has 0 bridgehead atoms. The van der Waals surface area contributed by atoms with Gasteiger partial charge in [0.05, 0.1) is 5.56 Å². The van der Waals surface area contributed by atoms with Gasteiger partial charge in [-0.1, -0.05) is 13.3 Å². The van der Waals surface area contributed by atoms with Crippen LogP contribution in [0.3, 0.4) is 0 Å². The summed E-state index contributed by atoms with van der Waals surface area (Å²) in [6.07, 6.45) is 1.86. The van der Waals surface area contributed by atoms with E-state index in [1.54, 1.807) is 0 Å². The van der Waals surface area contributed by atoms with Gasteiger partial charge >= 0.3 is 5.97 Å². The molecule has 0 spiro atoms. The van der Waals surface area contributed by atoms with Crippen LogP contribution in [-0.4, -0.2) is 37.5 Å². The first-order chi connectivity index (χ1) is 10.5. The molecule has 0 fully saturated rings. The zero-order valence-corrected chi connectivity index (χ0v) is 12.5. The quantitative estimate of drug-likeness (QED) is 0.514. The monoisotopic (exact) mass is 308 g/mol. The fourth-order valence-corrected chi connectivity index (χ4v) is 1.51.